The fourth-order valence-electron chi connectivity index (χ4n) is 3.95. The largest absolute Gasteiger partial charge is 0.480 e. The van der Waals surface area contributed by atoms with Gasteiger partial charge < -0.3 is 15.6 Å². The molecule has 0 aromatic heterocycles. The molecule has 0 amide bonds. The number of rotatable bonds is 5. The molecular weight excluding hydrogens is 362 g/mol. The van der Waals surface area contributed by atoms with Crippen molar-refractivity contribution < 1.29 is 14.6 Å². The first-order chi connectivity index (χ1) is 14.0. The summed E-state index contributed by atoms with van der Waals surface area (Å²) in [6.07, 6.45) is 4.15. The highest BCUT2D eigenvalue weighted by Gasteiger charge is 2.42. The number of hydrogen-bond acceptors (Lipinski definition) is 3. The number of benzene rings is 3. The van der Waals surface area contributed by atoms with Crippen LogP contribution >= 0.6 is 0 Å². The van der Waals surface area contributed by atoms with E-state index in [1.165, 1.54) is 0 Å². The van der Waals surface area contributed by atoms with Gasteiger partial charge in [-0.05, 0) is 23.6 Å². The Morgan fingerprint density at radius 3 is 2.10 bits per heavy atom. The lowest BCUT2D eigenvalue weighted by molar-refractivity contribution is -0.141. The summed E-state index contributed by atoms with van der Waals surface area (Å²) in [5, 5.41) is 9.34. The Balaban J connectivity index is 2.03. The van der Waals surface area contributed by atoms with Crippen LogP contribution in [0, 0.1) is 6.92 Å². The summed E-state index contributed by atoms with van der Waals surface area (Å²) in [6.45, 7) is 1.92. The lowest BCUT2D eigenvalue weighted by Crippen LogP contribution is -2.41. The van der Waals surface area contributed by atoms with Crippen LogP contribution in [0.1, 0.15) is 33.4 Å². The molecule has 29 heavy (non-hydrogen) atoms. The van der Waals surface area contributed by atoms with Gasteiger partial charge >= 0.3 is 5.97 Å². The SMILES string of the molecule is Cc1cccc(C2(OC[C@H](N)C(=O)O)c3ccccc3C=Cc3ccccc32)c1. The Hall–Kier alpha value is -3.21. The van der Waals surface area contributed by atoms with Crippen LogP contribution in [0.2, 0.25) is 0 Å². The van der Waals surface area contributed by atoms with Gasteiger partial charge in [0.1, 0.15) is 11.6 Å². The second-order valence-corrected chi connectivity index (χ2v) is 7.31. The molecule has 1 aliphatic rings. The zero-order valence-electron chi connectivity index (χ0n) is 16.2. The minimum Gasteiger partial charge on any atom is -0.480 e. The van der Waals surface area contributed by atoms with E-state index >= 15 is 0 Å². The fourth-order valence-corrected chi connectivity index (χ4v) is 3.95. The van der Waals surface area contributed by atoms with Gasteiger partial charge in [0.05, 0.1) is 6.61 Å². The zero-order chi connectivity index (χ0) is 20.4. The molecule has 3 aromatic carbocycles. The quantitative estimate of drug-likeness (QED) is 0.690. The van der Waals surface area contributed by atoms with Crippen LogP contribution in [-0.4, -0.2) is 23.7 Å². The number of nitrogens with two attached hydrogens (primary N) is 1. The van der Waals surface area contributed by atoms with Crippen LogP contribution in [0.25, 0.3) is 12.2 Å². The first-order valence-electron chi connectivity index (χ1n) is 9.59. The van der Waals surface area contributed by atoms with Crippen molar-refractivity contribution in [3.8, 4) is 0 Å². The maximum absolute atomic E-state index is 11.4. The van der Waals surface area contributed by atoms with Gasteiger partial charge in [-0.15, -0.1) is 0 Å². The molecule has 0 bridgehead atoms. The molecule has 3 aromatic rings. The molecule has 146 valence electrons. The summed E-state index contributed by atoms with van der Waals surface area (Å²) in [5.74, 6) is -1.09. The Kier molecular flexibility index (Phi) is 5.05. The molecule has 3 N–H and O–H groups in total. The van der Waals surface area contributed by atoms with Gasteiger partial charge in [0.25, 0.3) is 0 Å². The van der Waals surface area contributed by atoms with Crippen molar-refractivity contribution in [1.82, 2.24) is 0 Å². The van der Waals surface area contributed by atoms with Crippen LogP contribution < -0.4 is 5.73 Å². The lowest BCUT2D eigenvalue weighted by Gasteiger charge is -2.37. The third-order valence-corrected chi connectivity index (χ3v) is 5.34. The maximum Gasteiger partial charge on any atom is 0.322 e. The van der Waals surface area contributed by atoms with E-state index in [4.69, 9.17) is 10.5 Å². The first kappa shape index (κ1) is 19.1. The van der Waals surface area contributed by atoms with Crippen molar-refractivity contribution in [3.05, 3.63) is 106 Å². The van der Waals surface area contributed by atoms with E-state index < -0.39 is 17.6 Å². The molecule has 4 nitrogen and oxygen atoms in total. The fraction of sp³-hybridized carbons (Fsp3) is 0.160. The Bertz CT molecular complexity index is 1040. The van der Waals surface area contributed by atoms with E-state index in [9.17, 15) is 9.90 Å². The predicted molar refractivity (Wildman–Crippen MR) is 114 cm³/mol. The van der Waals surface area contributed by atoms with E-state index in [0.29, 0.717) is 0 Å². The van der Waals surface area contributed by atoms with Crippen LogP contribution in [0.3, 0.4) is 0 Å². The van der Waals surface area contributed by atoms with E-state index in [0.717, 1.165) is 33.4 Å². The Morgan fingerprint density at radius 1 is 0.966 bits per heavy atom. The van der Waals surface area contributed by atoms with E-state index in [1.54, 1.807) is 0 Å². The summed E-state index contributed by atoms with van der Waals surface area (Å²) in [7, 11) is 0. The molecule has 0 saturated carbocycles. The highest BCUT2D eigenvalue weighted by molar-refractivity contribution is 5.79. The molecule has 0 aliphatic heterocycles. The number of hydrogen-bond donors (Lipinski definition) is 2. The number of carboxylic acids is 1. The number of carboxylic acid groups (broad SMARTS) is 1. The van der Waals surface area contributed by atoms with Crippen molar-refractivity contribution >= 4 is 18.1 Å². The van der Waals surface area contributed by atoms with Gasteiger partial charge in [0.2, 0.25) is 0 Å². The van der Waals surface area contributed by atoms with Crippen molar-refractivity contribution in [2.24, 2.45) is 5.73 Å². The highest BCUT2D eigenvalue weighted by atomic mass is 16.5. The molecule has 1 aliphatic carbocycles. The van der Waals surface area contributed by atoms with Crippen LogP contribution in [0.15, 0.2) is 72.8 Å². The monoisotopic (exact) mass is 385 g/mol. The number of aryl methyl sites for hydroxylation is 1. The van der Waals surface area contributed by atoms with Gasteiger partial charge in [0.15, 0.2) is 0 Å². The van der Waals surface area contributed by atoms with Crippen LogP contribution in [0.4, 0.5) is 0 Å². The summed E-state index contributed by atoms with van der Waals surface area (Å²) < 4.78 is 6.52. The average molecular weight is 385 g/mol. The molecule has 0 radical (unpaired) electrons. The summed E-state index contributed by atoms with van der Waals surface area (Å²) in [6, 6.07) is 23.1. The molecule has 0 heterocycles. The smallest absolute Gasteiger partial charge is 0.322 e. The Labute approximate surface area is 170 Å². The van der Waals surface area contributed by atoms with Crippen molar-refractivity contribution in [2.45, 2.75) is 18.6 Å². The number of ether oxygens (including phenoxy) is 1. The number of aliphatic carboxylic acids is 1. The van der Waals surface area contributed by atoms with E-state index in [1.807, 2.05) is 73.7 Å². The molecular formula is C25H23NO3. The Morgan fingerprint density at radius 2 is 1.55 bits per heavy atom. The summed E-state index contributed by atoms with van der Waals surface area (Å²) >= 11 is 0. The normalized spacial score (nSPS) is 15.1. The van der Waals surface area contributed by atoms with Gasteiger partial charge in [-0.1, -0.05) is 90.5 Å². The third-order valence-electron chi connectivity index (χ3n) is 5.34. The number of carbonyl (C=O) groups is 1. The van der Waals surface area contributed by atoms with Gasteiger partial charge in [-0.3, -0.25) is 4.79 Å². The minimum atomic E-state index is -1.12. The predicted octanol–water partition coefficient (Wildman–Crippen LogP) is 4.20. The van der Waals surface area contributed by atoms with Crippen LogP contribution in [0.5, 0.6) is 0 Å². The molecule has 0 fully saturated rings. The van der Waals surface area contributed by atoms with E-state index in [2.05, 4.69) is 18.2 Å². The maximum atomic E-state index is 11.4. The van der Waals surface area contributed by atoms with Crippen molar-refractivity contribution in [2.75, 3.05) is 6.61 Å². The molecule has 4 rings (SSSR count). The van der Waals surface area contributed by atoms with Gasteiger partial charge in [-0.25, -0.2) is 0 Å². The summed E-state index contributed by atoms with van der Waals surface area (Å²) in [4.78, 5) is 11.4. The molecule has 1 atom stereocenters. The lowest BCUT2D eigenvalue weighted by atomic mass is 9.77. The molecule has 4 heteroatoms. The van der Waals surface area contributed by atoms with Gasteiger partial charge in [-0.2, -0.15) is 0 Å². The highest BCUT2D eigenvalue weighted by Crippen LogP contribution is 2.46. The molecule has 0 unspecified atom stereocenters. The second kappa shape index (κ2) is 7.66. The van der Waals surface area contributed by atoms with E-state index in [-0.39, 0.29) is 6.61 Å². The number of fused-ring (bicyclic) bond motifs is 2. The zero-order valence-corrected chi connectivity index (χ0v) is 16.2. The second-order valence-electron chi connectivity index (χ2n) is 7.31. The average Bonchev–Trinajstić information content (AvgIpc) is 2.87. The standard InChI is InChI=1S/C25H23NO3/c1-17-7-6-10-20(15-17)25(29-16-23(26)24(27)28)21-11-4-2-8-18(21)13-14-19-9-3-5-12-22(19)25/h2-15,23H,16,26H2,1H3,(H,27,28)/t23-/m0/s1. The molecule has 0 saturated heterocycles. The minimum absolute atomic E-state index is 0.119. The first-order valence-corrected chi connectivity index (χ1v) is 9.59. The van der Waals surface area contributed by atoms with Crippen molar-refractivity contribution in [3.63, 3.8) is 0 Å². The van der Waals surface area contributed by atoms with Crippen LogP contribution in [-0.2, 0) is 15.1 Å². The van der Waals surface area contributed by atoms with Crippen molar-refractivity contribution in [1.29, 1.82) is 0 Å². The third kappa shape index (κ3) is 3.37. The van der Waals surface area contributed by atoms with Gasteiger partial charge in [0, 0.05) is 11.1 Å². The topological polar surface area (TPSA) is 72.5 Å². The summed E-state index contributed by atoms with van der Waals surface area (Å²) in [5.41, 5.74) is 10.9. The molecule has 0 spiro atoms.